The molecule has 7 heteroatoms. The summed E-state index contributed by atoms with van der Waals surface area (Å²) in [6.45, 7) is 0. The third-order valence-corrected chi connectivity index (χ3v) is 3.04. The molecule has 0 aromatic carbocycles. The van der Waals surface area contributed by atoms with Crippen LogP contribution in [-0.2, 0) is 0 Å². The standard InChI is InChI=1S/C10H7ClF3N3/c11-7-6(5-15)1-4-16-8(7)17-9(2-3-9)10(12,13)14/h1,4H,2-3H2,(H,16,17). The van der Waals surface area contributed by atoms with E-state index in [9.17, 15) is 13.2 Å². The van der Waals surface area contributed by atoms with Gasteiger partial charge in [0.25, 0.3) is 0 Å². The smallest absolute Gasteiger partial charge is 0.355 e. The Hall–Kier alpha value is -1.48. The van der Waals surface area contributed by atoms with E-state index in [4.69, 9.17) is 16.9 Å². The molecule has 3 nitrogen and oxygen atoms in total. The van der Waals surface area contributed by atoms with E-state index in [0.29, 0.717) is 0 Å². The molecule has 17 heavy (non-hydrogen) atoms. The van der Waals surface area contributed by atoms with E-state index >= 15 is 0 Å². The minimum absolute atomic E-state index is 0.00864. The number of aromatic nitrogens is 1. The van der Waals surface area contributed by atoms with Crippen LogP contribution >= 0.6 is 11.6 Å². The lowest BCUT2D eigenvalue weighted by Crippen LogP contribution is -2.39. The van der Waals surface area contributed by atoms with Crippen LogP contribution < -0.4 is 5.32 Å². The van der Waals surface area contributed by atoms with Crippen LogP contribution in [0.4, 0.5) is 19.0 Å². The van der Waals surface area contributed by atoms with Gasteiger partial charge in [0.1, 0.15) is 22.4 Å². The summed E-state index contributed by atoms with van der Waals surface area (Å²) < 4.78 is 38.1. The normalized spacial score (nSPS) is 17.4. The molecule has 0 saturated heterocycles. The van der Waals surface area contributed by atoms with Crippen LogP contribution in [0.15, 0.2) is 12.3 Å². The summed E-state index contributed by atoms with van der Waals surface area (Å²) in [5, 5.41) is 10.9. The number of nitriles is 1. The summed E-state index contributed by atoms with van der Waals surface area (Å²) in [5.41, 5.74) is -1.83. The number of anilines is 1. The van der Waals surface area contributed by atoms with Crippen LogP contribution in [0, 0.1) is 11.3 Å². The maximum absolute atomic E-state index is 12.7. The largest absolute Gasteiger partial charge is 0.411 e. The van der Waals surface area contributed by atoms with Crippen LogP contribution in [0.2, 0.25) is 5.02 Å². The molecular weight excluding hydrogens is 255 g/mol. The molecule has 1 aromatic rings. The number of halogens is 4. The molecule has 0 atom stereocenters. The minimum Gasteiger partial charge on any atom is -0.355 e. The van der Waals surface area contributed by atoms with Crippen molar-refractivity contribution in [3.05, 3.63) is 22.8 Å². The van der Waals surface area contributed by atoms with Crippen molar-refractivity contribution in [3.63, 3.8) is 0 Å². The van der Waals surface area contributed by atoms with Crippen molar-refractivity contribution < 1.29 is 13.2 Å². The molecule has 1 fully saturated rings. The van der Waals surface area contributed by atoms with Crippen LogP contribution in [0.3, 0.4) is 0 Å². The molecule has 1 heterocycles. The van der Waals surface area contributed by atoms with Gasteiger partial charge in [-0.15, -0.1) is 0 Å². The molecule has 1 saturated carbocycles. The zero-order valence-electron chi connectivity index (χ0n) is 8.48. The number of hydrogen-bond donors (Lipinski definition) is 1. The number of nitrogens with zero attached hydrogens (tertiary/aromatic N) is 2. The Balaban J connectivity index is 2.30. The topological polar surface area (TPSA) is 48.7 Å². The molecule has 1 aromatic heterocycles. The average molecular weight is 262 g/mol. The number of pyridine rings is 1. The lowest BCUT2D eigenvalue weighted by molar-refractivity contribution is -0.151. The summed E-state index contributed by atoms with van der Waals surface area (Å²) in [6, 6.07) is 3.14. The van der Waals surface area contributed by atoms with Crippen molar-refractivity contribution in [3.8, 4) is 6.07 Å². The zero-order chi connectivity index (χ0) is 12.7. The van der Waals surface area contributed by atoms with Gasteiger partial charge in [0.15, 0.2) is 0 Å². The Morgan fingerprint density at radius 1 is 1.47 bits per heavy atom. The Bertz CT molecular complexity index is 489. The van der Waals surface area contributed by atoms with Crippen molar-refractivity contribution in [1.29, 1.82) is 5.26 Å². The van der Waals surface area contributed by atoms with Gasteiger partial charge in [0, 0.05) is 6.20 Å². The van der Waals surface area contributed by atoms with Gasteiger partial charge in [-0.25, -0.2) is 4.98 Å². The molecule has 1 N–H and O–H groups in total. The van der Waals surface area contributed by atoms with Crippen molar-refractivity contribution in [2.75, 3.05) is 5.32 Å². The number of alkyl halides is 3. The molecule has 0 radical (unpaired) electrons. The van der Waals surface area contributed by atoms with E-state index in [1.54, 1.807) is 6.07 Å². The third-order valence-electron chi connectivity index (χ3n) is 2.66. The Labute approximate surface area is 100 Å². The maximum Gasteiger partial charge on any atom is 0.411 e. The molecule has 0 unspecified atom stereocenters. The molecule has 2 rings (SSSR count). The van der Waals surface area contributed by atoms with Gasteiger partial charge in [-0.05, 0) is 18.9 Å². The van der Waals surface area contributed by atoms with Crippen molar-refractivity contribution in [2.45, 2.75) is 24.6 Å². The van der Waals surface area contributed by atoms with Crippen LogP contribution in [0.5, 0.6) is 0 Å². The first-order valence-electron chi connectivity index (χ1n) is 4.79. The molecule has 0 bridgehead atoms. The van der Waals surface area contributed by atoms with Gasteiger partial charge in [-0.2, -0.15) is 18.4 Å². The summed E-state index contributed by atoms with van der Waals surface area (Å²) in [5.74, 6) is -0.0967. The lowest BCUT2D eigenvalue weighted by atomic mass is 10.2. The fourth-order valence-electron chi connectivity index (χ4n) is 1.45. The summed E-state index contributed by atoms with van der Waals surface area (Å²) in [4.78, 5) is 3.73. The average Bonchev–Trinajstić information content (AvgIpc) is 3.01. The van der Waals surface area contributed by atoms with E-state index in [2.05, 4.69) is 10.3 Å². The molecule has 1 aliphatic carbocycles. The van der Waals surface area contributed by atoms with Crippen molar-refractivity contribution in [2.24, 2.45) is 0 Å². The van der Waals surface area contributed by atoms with E-state index in [1.165, 1.54) is 12.3 Å². The fraction of sp³-hybridized carbons (Fsp3) is 0.400. The van der Waals surface area contributed by atoms with Crippen LogP contribution in [0.25, 0.3) is 0 Å². The first-order valence-corrected chi connectivity index (χ1v) is 5.17. The van der Waals surface area contributed by atoms with Gasteiger partial charge in [0.2, 0.25) is 0 Å². The molecule has 90 valence electrons. The lowest BCUT2D eigenvalue weighted by Gasteiger charge is -2.21. The van der Waals surface area contributed by atoms with Crippen molar-refractivity contribution in [1.82, 2.24) is 4.98 Å². The SMILES string of the molecule is N#Cc1ccnc(NC2(C(F)(F)F)CC2)c1Cl. The predicted molar refractivity (Wildman–Crippen MR) is 55.6 cm³/mol. The first kappa shape index (κ1) is 12.0. The third kappa shape index (κ3) is 2.03. The molecular formula is C10H7ClF3N3. The zero-order valence-corrected chi connectivity index (χ0v) is 9.23. The Kier molecular flexibility index (Phi) is 2.66. The maximum atomic E-state index is 12.7. The van der Waals surface area contributed by atoms with Crippen LogP contribution in [-0.4, -0.2) is 16.7 Å². The number of rotatable bonds is 2. The summed E-state index contributed by atoms with van der Waals surface area (Å²) >= 11 is 5.78. The summed E-state index contributed by atoms with van der Waals surface area (Å²) in [6.07, 6.45) is -3.11. The first-order chi connectivity index (χ1) is 7.89. The highest BCUT2D eigenvalue weighted by Gasteiger charge is 2.63. The molecule has 1 aliphatic rings. The highest BCUT2D eigenvalue weighted by molar-refractivity contribution is 6.34. The highest BCUT2D eigenvalue weighted by atomic mass is 35.5. The van der Waals surface area contributed by atoms with Crippen LogP contribution in [0.1, 0.15) is 18.4 Å². The monoisotopic (exact) mass is 261 g/mol. The van der Waals surface area contributed by atoms with Gasteiger partial charge in [-0.3, -0.25) is 0 Å². The number of hydrogen-bond acceptors (Lipinski definition) is 3. The molecule has 0 amide bonds. The van der Waals surface area contributed by atoms with E-state index in [0.717, 1.165) is 0 Å². The summed E-state index contributed by atoms with van der Waals surface area (Å²) in [7, 11) is 0. The molecule has 0 spiro atoms. The second-order valence-electron chi connectivity index (χ2n) is 3.84. The van der Waals surface area contributed by atoms with Gasteiger partial charge in [-0.1, -0.05) is 11.6 Å². The predicted octanol–water partition coefficient (Wildman–Crippen LogP) is 3.11. The highest BCUT2D eigenvalue weighted by Crippen LogP contribution is 2.51. The van der Waals surface area contributed by atoms with E-state index < -0.39 is 11.7 Å². The Morgan fingerprint density at radius 3 is 2.59 bits per heavy atom. The van der Waals surface area contributed by atoms with E-state index in [1.807, 2.05) is 0 Å². The minimum atomic E-state index is -4.35. The second kappa shape index (κ2) is 3.77. The quantitative estimate of drug-likeness (QED) is 0.890. The fourth-order valence-corrected chi connectivity index (χ4v) is 1.65. The number of nitrogens with one attached hydrogen (secondary N) is 1. The van der Waals surface area contributed by atoms with E-state index in [-0.39, 0.29) is 29.2 Å². The van der Waals surface area contributed by atoms with Gasteiger partial charge in [0.05, 0.1) is 5.56 Å². The van der Waals surface area contributed by atoms with Crippen molar-refractivity contribution >= 4 is 17.4 Å². The Morgan fingerprint density at radius 2 is 2.12 bits per heavy atom. The second-order valence-corrected chi connectivity index (χ2v) is 4.22. The molecule has 0 aliphatic heterocycles. The van der Waals surface area contributed by atoms with Gasteiger partial charge >= 0.3 is 6.18 Å². The van der Waals surface area contributed by atoms with Gasteiger partial charge < -0.3 is 5.32 Å².